The van der Waals surface area contributed by atoms with Crippen molar-refractivity contribution in [2.75, 3.05) is 11.9 Å². The van der Waals surface area contributed by atoms with E-state index in [9.17, 15) is 9.59 Å². The highest BCUT2D eigenvalue weighted by Crippen LogP contribution is 2.33. The van der Waals surface area contributed by atoms with E-state index >= 15 is 0 Å². The van der Waals surface area contributed by atoms with Crippen LogP contribution in [-0.4, -0.2) is 34.2 Å². The second-order valence-corrected chi connectivity index (χ2v) is 5.99. The Bertz CT molecular complexity index is 975. The highest BCUT2D eigenvalue weighted by molar-refractivity contribution is 6.35. The molecule has 144 valence electrons. The van der Waals surface area contributed by atoms with E-state index in [2.05, 4.69) is 15.5 Å². The van der Waals surface area contributed by atoms with Crippen molar-refractivity contribution in [1.29, 1.82) is 0 Å². The van der Waals surface area contributed by atoms with Crippen LogP contribution in [0.2, 0.25) is 5.02 Å². The number of aromatic nitrogens is 2. The number of nitrogens with zero attached hydrogens (tertiary/aromatic N) is 1. The second-order valence-electron chi connectivity index (χ2n) is 5.61. The maximum atomic E-state index is 11.8. The van der Waals surface area contributed by atoms with Gasteiger partial charge in [0, 0.05) is 12.0 Å². The minimum atomic E-state index is -1.25. The van der Waals surface area contributed by atoms with Gasteiger partial charge in [-0.2, -0.15) is 5.10 Å². The van der Waals surface area contributed by atoms with Crippen LogP contribution in [0.5, 0.6) is 5.75 Å². The number of carboxylic acid groups (broad SMARTS) is 1. The Morgan fingerprint density at radius 3 is 2.57 bits per heavy atom. The molecule has 1 aromatic heterocycles. The highest BCUT2D eigenvalue weighted by atomic mass is 35.5. The third-order valence-electron chi connectivity index (χ3n) is 3.75. The molecule has 1 heterocycles. The number of rotatable bonds is 6. The molecule has 2 aromatic carbocycles. The van der Waals surface area contributed by atoms with Crippen LogP contribution >= 0.6 is 11.6 Å². The number of aromatic amines is 1. The largest absolute Gasteiger partial charge is 0.513 e. The molecule has 0 saturated heterocycles. The molecule has 3 aromatic rings. The first kappa shape index (κ1) is 19.2. The van der Waals surface area contributed by atoms with E-state index in [1.165, 1.54) is 0 Å². The summed E-state index contributed by atoms with van der Waals surface area (Å²) in [6.07, 6.45) is -1.66. The van der Waals surface area contributed by atoms with Crippen LogP contribution in [-0.2, 0) is 11.2 Å². The third kappa shape index (κ3) is 4.80. The number of carbonyl (C=O) groups is 2. The van der Waals surface area contributed by atoms with Crippen molar-refractivity contribution in [1.82, 2.24) is 10.2 Å². The second kappa shape index (κ2) is 8.92. The van der Waals surface area contributed by atoms with Crippen molar-refractivity contribution in [3.63, 3.8) is 0 Å². The van der Waals surface area contributed by atoms with Gasteiger partial charge in [0.25, 0.3) is 0 Å². The number of carbonyl (C=O) groups excluding carboxylic acids is 1. The van der Waals surface area contributed by atoms with Crippen molar-refractivity contribution in [3.05, 3.63) is 65.2 Å². The summed E-state index contributed by atoms with van der Waals surface area (Å²) in [7, 11) is 0. The third-order valence-corrected chi connectivity index (χ3v) is 4.12. The Hall–Kier alpha value is -3.52. The van der Waals surface area contributed by atoms with Gasteiger partial charge in [0.15, 0.2) is 5.82 Å². The van der Waals surface area contributed by atoms with Crippen LogP contribution < -0.4 is 10.1 Å². The molecule has 9 heteroatoms. The van der Waals surface area contributed by atoms with E-state index < -0.39 is 12.2 Å². The molecule has 28 heavy (non-hydrogen) atoms. The van der Waals surface area contributed by atoms with Crippen molar-refractivity contribution >= 4 is 29.7 Å². The maximum absolute atomic E-state index is 11.8. The summed E-state index contributed by atoms with van der Waals surface area (Å²) in [5, 5.41) is 17.8. The number of benzene rings is 2. The van der Waals surface area contributed by atoms with Crippen molar-refractivity contribution in [2.24, 2.45) is 0 Å². The van der Waals surface area contributed by atoms with Crippen LogP contribution in [0, 0.1) is 0 Å². The summed E-state index contributed by atoms with van der Waals surface area (Å²) in [6.45, 7) is 0.0882. The molecule has 8 nitrogen and oxygen atoms in total. The van der Waals surface area contributed by atoms with Gasteiger partial charge in [-0.15, -0.1) is 0 Å². The molecular weight excluding hydrogens is 386 g/mol. The van der Waals surface area contributed by atoms with Crippen LogP contribution in [0.1, 0.15) is 5.56 Å². The summed E-state index contributed by atoms with van der Waals surface area (Å²) in [4.78, 5) is 22.6. The summed E-state index contributed by atoms with van der Waals surface area (Å²) in [5.74, 6) is 0.483. The molecule has 3 N–H and O–H groups in total. The minimum Gasteiger partial charge on any atom is -0.465 e. The smallest absolute Gasteiger partial charge is 0.465 e. The fourth-order valence-corrected chi connectivity index (χ4v) is 2.76. The van der Waals surface area contributed by atoms with E-state index in [4.69, 9.17) is 26.2 Å². The number of ether oxygens (including phenoxy) is 2. The summed E-state index contributed by atoms with van der Waals surface area (Å²) in [6, 6.07) is 15.9. The number of amides is 1. The first-order valence-electron chi connectivity index (χ1n) is 8.26. The average molecular weight is 402 g/mol. The summed E-state index contributed by atoms with van der Waals surface area (Å²) in [5.41, 5.74) is 1.92. The van der Waals surface area contributed by atoms with E-state index in [-0.39, 0.29) is 17.4 Å². The van der Waals surface area contributed by atoms with Gasteiger partial charge < -0.3 is 14.6 Å². The summed E-state index contributed by atoms with van der Waals surface area (Å²) >= 11 is 6.22. The van der Waals surface area contributed by atoms with Gasteiger partial charge in [0.05, 0.1) is 6.61 Å². The predicted octanol–water partition coefficient (Wildman–Crippen LogP) is 4.58. The monoisotopic (exact) mass is 401 g/mol. The lowest BCUT2D eigenvalue weighted by Crippen LogP contribution is -2.12. The molecule has 0 aliphatic carbocycles. The highest BCUT2D eigenvalue weighted by Gasteiger charge is 2.17. The summed E-state index contributed by atoms with van der Waals surface area (Å²) < 4.78 is 10.2. The fourth-order valence-electron chi connectivity index (χ4n) is 2.52. The minimum absolute atomic E-state index is 0.0849. The van der Waals surface area contributed by atoms with Gasteiger partial charge >= 0.3 is 12.2 Å². The standard InChI is InChI=1S/C19H16ClN3O5/c20-15-16(22-23-17(15)21-18(24)25)14-9-5-4-6-12(14)10-11-27-19(26)28-13-7-2-1-3-8-13/h1-9H,10-11H2,(H,24,25)(H2,21,22,23). The van der Waals surface area contributed by atoms with Crippen LogP contribution in [0.4, 0.5) is 15.4 Å². The topological polar surface area (TPSA) is 114 Å². The van der Waals surface area contributed by atoms with Gasteiger partial charge in [-0.25, -0.2) is 9.59 Å². The number of hydrogen-bond donors (Lipinski definition) is 3. The molecule has 0 bridgehead atoms. The van der Waals surface area contributed by atoms with Crippen molar-refractivity contribution in [3.8, 4) is 17.0 Å². The van der Waals surface area contributed by atoms with Crippen molar-refractivity contribution < 1.29 is 24.2 Å². The number of anilines is 1. The van der Waals surface area contributed by atoms with E-state index in [0.29, 0.717) is 23.4 Å². The predicted molar refractivity (Wildman–Crippen MR) is 103 cm³/mol. The van der Waals surface area contributed by atoms with Crippen LogP contribution in [0.3, 0.4) is 0 Å². The number of para-hydroxylation sites is 1. The Morgan fingerprint density at radius 2 is 1.82 bits per heavy atom. The molecule has 0 aliphatic rings. The molecule has 0 aliphatic heterocycles. The Morgan fingerprint density at radius 1 is 1.11 bits per heavy atom. The quantitative estimate of drug-likeness (QED) is 0.411. The molecule has 0 fully saturated rings. The van der Waals surface area contributed by atoms with E-state index in [1.807, 2.05) is 18.2 Å². The van der Waals surface area contributed by atoms with Crippen LogP contribution in [0.15, 0.2) is 54.6 Å². The molecule has 1 amide bonds. The van der Waals surface area contributed by atoms with E-state index in [1.54, 1.807) is 36.4 Å². The first-order chi connectivity index (χ1) is 13.5. The SMILES string of the molecule is O=C(O)Nc1[nH]nc(-c2ccccc2CCOC(=O)Oc2ccccc2)c1Cl. The molecule has 0 unspecified atom stereocenters. The molecule has 0 radical (unpaired) electrons. The molecular formula is C19H16ClN3O5. The zero-order valence-electron chi connectivity index (χ0n) is 14.5. The van der Waals surface area contributed by atoms with Crippen molar-refractivity contribution in [2.45, 2.75) is 6.42 Å². The number of H-pyrrole nitrogens is 1. The lowest BCUT2D eigenvalue weighted by atomic mass is 10.0. The maximum Gasteiger partial charge on any atom is 0.513 e. The van der Waals surface area contributed by atoms with Gasteiger partial charge in [-0.05, 0) is 17.7 Å². The lowest BCUT2D eigenvalue weighted by Gasteiger charge is -2.09. The van der Waals surface area contributed by atoms with Gasteiger partial charge in [-0.3, -0.25) is 10.4 Å². The zero-order chi connectivity index (χ0) is 19.9. The number of hydrogen-bond acceptors (Lipinski definition) is 5. The van der Waals surface area contributed by atoms with Crippen LogP contribution in [0.25, 0.3) is 11.3 Å². The van der Waals surface area contributed by atoms with E-state index in [0.717, 1.165) is 5.56 Å². The molecule has 0 spiro atoms. The van der Waals surface area contributed by atoms with Gasteiger partial charge in [-0.1, -0.05) is 54.1 Å². The molecule has 0 saturated carbocycles. The Labute approximate surface area is 165 Å². The van der Waals surface area contributed by atoms with Gasteiger partial charge in [0.2, 0.25) is 0 Å². The zero-order valence-corrected chi connectivity index (χ0v) is 15.3. The molecule has 0 atom stereocenters. The number of halogens is 1. The first-order valence-corrected chi connectivity index (χ1v) is 8.64. The average Bonchev–Trinajstić information content (AvgIpc) is 3.03. The Kier molecular flexibility index (Phi) is 6.13. The van der Waals surface area contributed by atoms with Gasteiger partial charge in [0.1, 0.15) is 16.5 Å². The normalized spacial score (nSPS) is 10.3. The molecule has 3 rings (SSSR count). The lowest BCUT2D eigenvalue weighted by molar-refractivity contribution is 0.100. The number of nitrogens with one attached hydrogen (secondary N) is 2. The fraction of sp³-hybridized carbons (Fsp3) is 0.105. The Balaban J connectivity index is 1.65.